The fraction of sp³-hybridized carbons (Fsp3) is 0.333. The van der Waals surface area contributed by atoms with E-state index in [0.29, 0.717) is 18.0 Å². The summed E-state index contributed by atoms with van der Waals surface area (Å²) in [6.07, 6.45) is 0. The predicted molar refractivity (Wildman–Crippen MR) is 66.5 cm³/mol. The molecule has 7 heteroatoms. The summed E-state index contributed by atoms with van der Waals surface area (Å²) >= 11 is 0. The SMILES string of the molecule is NCC(=O)NCC(=O)NCc1ccc2c(c1)OCO2. The lowest BCUT2D eigenvalue weighted by Gasteiger charge is -2.07. The highest BCUT2D eigenvalue weighted by molar-refractivity contribution is 5.85. The van der Waals surface area contributed by atoms with Crippen molar-refractivity contribution in [3.63, 3.8) is 0 Å². The molecule has 0 saturated heterocycles. The summed E-state index contributed by atoms with van der Waals surface area (Å²) in [7, 11) is 0. The number of benzene rings is 1. The van der Waals surface area contributed by atoms with Gasteiger partial charge in [0.2, 0.25) is 18.6 Å². The van der Waals surface area contributed by atoms with E-state index >= 15 is 0 Å². The van der Waals surface area contributed by atoms with Crippen LogP contribution in [0.4, 0.5) is 0 Å². The standard InChI is InChI=1S/C12H15N3O4/c13-4-11(16)15-6-12(17)14-5-8-1-2-9-10(3-8)19-7-18-9/h1-3H,4-7,13H2,(H,14,17)(H,15,16). The Labute approximate surface area is 110 Å². The largest absolute Gasteiger partial charge is 0.454 e. The van der Waals surface area contributed by atoms with Gasteiger partial charge in [0.25, 0.3) is 0 Å². The fourth-order valence-electron chi connectivity index (χ4n) is 1.57. The number of carbonyl (C=O) groups is 2. The van der Waals surface area contributed by atoms with Crippen molar-refractivity contribution in [2.45, 2.75) is 6.54 Å². The molecule has 0 unspecified atom stereocenters. The molecule has 0 fully saturated rings. The molecule has 0 radical (unpaired) electrons. The summed E-state index contributed by atoms with van der Waals surface area (Å²) < 4.78 is 10.4. The molecule has 0 saturated carbocycles. The summed E-state index contributed by atoms with van der Waals surface area (Å²) in [5.74, 6) is 0.728. The van der Waals surface area contributed by atoms with Gasteiger partial charge in [-0.2, -0.15) is 0 Å². The Kier molecular flexibility index (Phi) is 4.19. The molecule has 0 aliphatic carbocycles. The number of nitrogens with one attached hydrogen (secondary N) is 2. The number of fused-ring (bicyclic) bond motifs is 1. The van der Waals surface area contributed by atoms with E-state index < -0.39 is 0 Å². The summed E-state index contributed by atoms with van der Waals surface area (Å²) in [5.41, 5.74) is 6.00. The third kappa shape index (κ3) is 3.59. The first-order valence-electron chi connectivity index (χ1n) is 5.81. The first-order valence-corrected chi connectivity index (χ1v) is 5.81. The van der Waals surface area contributed by atoms with E-state index in [1.807, 2.05) is 6.07 Å². The molecule has 0 spiro atoms. The van der Waals surface area contributed by atoms with Crippen molar-refractivity contribution in [3.8, 4) is 11.5 Å². The van der Waals surface area contributed by atoms with Crippen LogP contribution >= 0.6 is 0 Å². The normalized spacial score (nSPS) is 12.1. The molecule has 2 amide bonds. The molecular weight excluding hydrogens is 250 g/mol. The zero-order valence-electron chi connectivity index (χ0n) is 10.3. The van der Waals surface area contributed by atoms with Gasteiger partial charge >= 0.3 is 0 Å². The van der Waals surface area contributed by atoms with Crippen LogP contribution in [0.5, 0.6) is 11.5 Å². The van der Waals surface area contributed by atoms with Crippen LogP contribution in [-0.4, -0.2) is 31.7 Å². The lowest BCUT2D eigenvalue weighted by molar-refractivity contribution is -0.125. The fourth-order valence-corrected chi connectivity index (χ4v) is 1.57. The maximum Gasteiger partial charge on any atom is 0.239 e. The third-order valence-electron chi connectivity index (χ3n) is 2.56. The number of amides is 2. The number of carbonyl (C=O) groups excluding carboxylic acids is 2. The van der Waals surface area contributed by atoms with Crippen LogP contribution < -0.4 is 25.8 Å². The van der Waals surface area contributed by atoms with Crippen LogP contribution in [0.15, 0.2) is 18.2 Å². The predicted octanol–water partition coefficient (Wildman–Crippen LogP) is -0.894. The number of ether oxygens (including phenoxy) is 2. The Balaban J connectivity index is 1.79. The summed E-state index contributed by atoms with van der Waals surface area (Å²) in [4.78, 5) is 22.3. The highest BCUT2D eigenvalue weighted by Gasteiger charge is 2.13. The third-order valence-corrected chi connectivity index (χ3v) is 2.56. The molecule has 1 heterocycles. The van der Waals surface area contributed by atoms with Gasteiger partial charge in [0.1, 0.15) is 0 Å². The topological polar surface area (TPSA) is 103 Å². The van der Waals surface area contributed by atoms with Crippen molar-refractivity contribution in [1.82, 2.24) is 10.6 Å². The molecule has 0 atom stereocenters. The van der Waals surface area contributed by atoms with Crippen molar-refractivity contribution < 1.29 is 19.1 Å². The Morgan fingerprint density at radius 2 is 1.95 bits per heavy atom. The van der Waals surface area contributed by atoms with Crippen molar-refractivity contribution in [3.05, 3.63) is 23.8 Å². The Bertz CT molecular complexity index is 490. The molecule has 0 aromatic heterocycles. The van der Waals surface area contributed by atoms with Gasteiger partial charge in [-0.15, -0.1) is 0 Å². The van der Waals surface area contributed by atoms with Crippen LogP contribution in [0.25, 0.3) is 0 Å². The van der Waals surface area contributed by atoms with Gasteiger partial charge in [-0.3, -0.25) is 9.59 Å². The van der Waals surface area contributed by atoms with Gasteiger partial charge in [-0.25, -0.2) is 0 Å². The van der Waals surface area contributed by atoms with E-state index in [1.54, 1.807) is 12.1 Å². The molecule has 102 valence electrons. The van der Waals surface area contributed by atoms with Gasteiger partial charge in [0.05, 0.1) is 13.1 Å². The lowest BCUT2D eigenvalue weighted by atomic mass is 10.2. The van der Waals surface area contributed by atoms with Crippen molar-refractivity contribution >= 4 is 11.8 Å². The van der Waals surface area contributed by atoms with Gasteiger partial charge in [0.15, 0.2) is 11.5 Å². The molecule has 1 aromatic rings. The van der Waals surface area contributed by atoms with Gasteiger partial charge in [-0.05, 0) is 17.7 Å². The average molecular weight is 265 g/mol. The van der Waals surface area contributed by atoms with Crippen LogP contribution in [0.3, 0.4) is 0 Å². The number of rotatable bonds is 5. The van der Waals surface area contributed by atoms with Crippen molar-refractivity contribution in [2.75, 3.05) is 19.9 Å². The second-order valence-corrected chi connectivity index (χ2v) is 3.95. The molecule has 19 heavy (non-hydrogen) atoms. The molecule has 4 N–H and O–H groups in total. The van der Waals surface area contributed by atoms with Gasteiger partial charge < -0.3 is 25.8 Å². The lowest BCUT2D eigenvalue weighted by Crippen LogP contribution is -2.39. The summed E-state index contributed by atoms with van der Waals surface area (Å²) in [6.45, 7) is 0.361. The zero-order chi connectivity index (χ0) is 13.7. The van der Waals surface area contributed by atoms with Crippen molar-refractivity contribution in [2.24, 2.45) is 5.73 Å². The maximum absolute atomic E-state index is 11.4. The second-order valence-electron chi connectivity index (χ2n) is 3.95. The highest BCUT2D eigenvalue weighted by Crippen LogP contribution is 2.32. The minimum atomic E-state index is -0.363. The smallest absolute Gasteiger partial charge is 0.239 e. The molecule has 1 aromatic carbocycles. The molecule has 7 nitrogen and oxygen atoms in total. The first-order chi connectivity index (χ1) is 9.19. The monoisotopic (exact) mass is 265 g/mol. The second kappa shape index (κ2) is 6.05. The Morgan fingerprint density at radius 1 is 1.16 bits per heavy atom. The Morgan fingerprint density at radius 3 is 2.74 bits per heavy atom. The van der Waals surface area contributed by atoms with E-state index in [2.05, 4.69) is 10.6 Å². The maximum atomic E-state index is 11.4. The quantitative estimate of drug-likeness (QED) is 0.640. The minimum absolute atomic E-state index is 0.0828. The van der Waals surface area contributed by atoms with Crippen LogP contribution in [-0.2, 0) is 16.1 Å². The van der Waals surface area contributed by atoms with E-state index in [9.17, 15) is 9.59 Å². The van der Waals surface area contributed by atoms with Crippen LogP contribution in [0.2, 0.25) is 0 Å². The molecule has 1 aliphatic heterocycles. The van der Waals surface area contributed by atoms with E-state index in [1.165, 1.54) is 0 Å². The molecule has 2 rings (SSSR count). The molecule has 0 bridgehead atoms. The van der Waals surface area contributed by atoms with Crippen molar-refractivity contribution in [1.29, 1.82) is 0 Å². The van der Waals surface area contributed by atoms with E-state index in [4.69, 9.17) is 15.2 Å². The number of nitrogens with two attached hydrogens (primary N) is 1. The number of hydrogen-bond acceptors (Lipinski definition) is 5. The zero-order valence-corrected chi connectivity index (χ0v) is 10.3. The van der Waals surface area contributed by atoms with Crippen LogP contribution in [0.1, 0.15) is 5.56 Å². The van der Waals surface area contributed by atoms with Gasteiger partial charge in [-0.1, -0.05) is 6.07 Å². The van der Waals surface area contributed by atoms with E-state index in [-0.39, 0.29) is 31.7 Å². The van der Waals surface area contributed by atoms with Gasteiger partial charge in [0, 0.05) is 6.54 Å². The molecule has 1 aliphatic rings. The summed E-state index contributed by atoms with van der Waals surface area (Å²) in [5, 5.41) is 5.07. The van der Waals surface area contributed by atoms with Crippen LogP contribution in [0, 0.1) is 0 Å². The molecular formula is C12H15N3O4. The summed E-state index contributed by atoms with van der Waals surface area (Å²) in [6, 6.07) is 5.44. The average Bonchev–Trinajstić information content (AvgIpc) is 2.89. The minimum Gasteiger partial charge on any atom is -0.454 e. The highest BCUT2D eigenvalue weighted by atomic mass is 16.7. The first kappa shape index (κ1) is 13.2. The number of hydrogen-bond donors (Lipinski definition) is 3. The van der Waals surface area contributed by atoms with E-state index in [0.717, 1.165) is 5.56 Å². The Hall–Kier alpha value is -2.28.